The maximum absolute atomic E-state index is 9.21. The SMILES string of the molecule is CC1(C)CN(Cc2cncs2)CC(CO)O1. The van der Waals surface area contributed by atoms with Crippen molar-refractivity contribution < 1.29 is 9.84 Å². The summed E-state index contributed by atoms with van der Waals surface area (Å²) in [6.45, 7) is 6.79. The Morgan fingerprint density at radius 3 is 3.12 bits per heavy atom. The molecular weight excluding hydrogens is 224 g/mol. The predicted molar refractivity (Wildman–Crippen MR) is 63.4 cm³/mol. The fourth-order valence-corrected chi connectivity index (χ4v) is 2.81. The molecule has 90 valence electrons. The molecule has 0 aliphatic carbocycles. The monoisotopic (exact) mass is 242 g/mol. The number of thiazole rings is 1. The summed E-state index contributed by atoms with van der Waals surface area (Å²) in [7, 11) is 0. The van der Waals surface area contributed by atoms with E-state index in [9.17, 15) is 5.11 Å². The summed E-state index contributed by atoms with van der Waals surface area (Å²) in [4.78, 5) is 7.65. The molecule has 16 heavy (non-hydrogen) atoms. The third-order valence-electron chi connectivity index (χ3n) is 2.62. The maximum atomic E-state index is 9.21. The van der Waals surface area contributed by atoms with Gasteiger partial charge in [-0.05, 0) is 13.8 Å². The molecule has 1 aromatic heterocycles. The van der Waals surface area contributed by atoms with Gasteiger partial charge in [-0.2, -0.15) is 0 Å². The standard InChI is InChI=1S/C11H18N2O2S/c1-11(2)7-13(4-9(6-14)15-11)5-10-3-12-8-16-10/h3,8-9,14H,4-7H2,1-2H3. The third kappa shape index (κ3) is 3.01. The fourth-order valence-electron chi connectivity index (χ4n) is 2.17. The Hall–Kier alpha value is -0.490. The summed E-state index contributed by atoms with van der Waals surface area (Å²) < 4.78 is 5.77. The Balaban J connectivity index is 1.99. The summed E-state index contributed by atoms with van der Waals surface area (Å²) in [6, 6.07) is 0. The van der Waals surface area contributed by atoms with Crippen molar-refractivity contribution in [1.29, 1.82) is 0 Å². The molecule has 0 saturated carbocycles. The first-order valence-corrected chi connectivity index (χ1v) is 6.35. The average molecular weight is 242 g/mol. The number of ether oxygens (including phenoxy) is 1. The molecule has 0 spiro atoms. The number of hydrogen-bond acceptors (Lipinski definition) is 5. The molecule has 2 heterocycles. The number of hydrogen-bond donors (Lipinski definition) is 1. The minimum Gasteiger partial charge on any atom is -0.394 e. The highest BCUT2D eigenvalue weighted by Crippen LogP contribution is 2.22. The molecule has 4 nitrogen and oxygen atoms in total. The van der Waals surface area contributed by atoms with Gasteiger partial charge in [0, 0.05) is 30.7 Å². The predicted octanol–water partition coefficient (Wildman–Crippen LogP) is 1.11. The second-order valence-corrected chi connectivity index (χ2v) is 5.79. The molecule has 1 saturated heterocycles. The average Bonchev–Trinajstić information content (AvgIpc) is 2.67. The molecule has 0 amide bonds. The number of aromatic nitrogens is 1. The zero-order valence-corrected chi connectivity index (χ0v) is 10.5. The van der Waals surface area contributed by atoms with E-state index in [1.165, 1.54) is 4.88 Å². The lowest BCUT2D eigenvalue weighted by molar-refractivity contribution is -0.150. The molecule has 1 fully saturated rings. The van der Waals surface area contributed by atoms with E-state index in [-0.39, 0.29) is 18.3 Å². The number of rotatable bonds is 3. The third-order valence-corrected chi connectivity index (χ3v) is 3.38. The van der Waals surface area contributed by atoms with Gasteiger partial charge in [0.1, 0.15) is 0 Å². The molecular formula is C11H18N2O2S. The van der Waals surface area contributed by atoms with Crippen LogP contribution in [-0.4, -0.2) is 46.4 Å². The van der Waals surface area contributed by atoms with Crippen LogP contribution in [0.5, 0.6) is 0 Å². The number of nitrogens with zero attached hydrogens (tertiary/aromatic N) is 2. The Bertz CT molecular complexity index is 327. The summed E-state index contributed by atoms with van der Waals surface area (Å²) >= 11 is 1.67. The smallest absolute Gasteiger partial charge is 0.0940 e. The zero-order valence-electron chi connectivity index (χ0n) is 9.72. The van der Waals surface area contributed by atoms with Crippen molar-refractivity contribution in [3.05, 3.63) is 16.6 Å². The van der Waals surface area contributed by atoms with Gasteiger partial charge in [-0.25, -0.2) is 0 Å². The van der Waals surface area contributed by atoms with Gasteiger partial charge in [0.15, 0.2) is 0 Å². The van der Waals surface area contributed by atoms with Gasteiger partial charge >= 0.3 is 0 Å². The number of aliphatic hydroxyl groups excluding tert-OH is 1. The molecule has 1 atom stereocenters. The highest BCUT2D eigenvalue weighted by Gasteiger charge is 2.32. The minimum absolute atomic E-state index is 0.0725. The molecule has 1 N–H and O–H groups in total. The minimum atomic E-state index is -0.184. The Morgan fingerprint density at radius 1 is 1.69 bits per heavy atom. The van der Waals surface area contributed by atoms with Crippen LogP contribution in [0.25, 0.3) is 0 Å². The normalized spacial score (nSPS) is 25.8. The summed E-state index contributed by atoms with van der Waals surface area (Å²) in [5, 5.41) is 9.21. The first kappa shape index (κ1) is 12.0. The van der Waals surface area contributed by atoms with Gasteiger partial charge in [-0.15, -0.1) is 11.3 Å². The Morgan fingerprint density at radius 2 is 2.50 bits per heavy atom. The van der Waals surface area contributed by atoms with Crippen LogP contribution in [0.2, 0.25) is 0 Å². The van der Waals surface area contributed by atoms with Gasteiger partial charge in [0.25, 0.3) is 0 Å². The Labute approximate surface area is 99.9 Å². The zero-order chi connectivity index (χ0) is 11.6. The molecule has 0 radical (unpaired) electrons. The van der Waals surface area contributed by atoms with Gasteiger partial charge in [-0.1, -0.05) is 0 Å². The van der Waals surface area contributed by atoms with Crippen LogP contribution in [0.15, 0.2) is 11.7 Å². The number of aliphatic hydroxyl groups is 1. The molecule has 1 aliphatic heterocycles. The van der Waals surface area contributed by atoms with Gasteiger partial charge < -0.3 is 9.84 Å². The van der Waals surface area contributed by atoms with Crippen molar-refractivity contribution in [1.82, 2.24) is 9.88 Å². The van der Waals surface area contributed by atoms with Crippen molar-refractivity contribution in [3.63, 3.8) is 0 Å². The van der Waals surface area contributed by atoms with E-state index in [0.29, 0.717) is 0 Å². The second kappa shape index (κ2) is 4.79. The van der Waals surface area contributed by atoms with E-state index in [1.807, 2.05) is 11.7 Å². The summed E-state index contributed by atoms with van der Waals surface area (Å²) in [6.07, 6.45) is 1.83. The molecule has 2 rings (SSSR count). The van der Waals surface area contributed by atoms with Gasteiger partial charge in [0.05, 0.1) is 23.8 Å². The first-order valence-electron chi connectivity index (χ1n) is 5.47. The Kier molecular flexibility index (Phi) is 3.59. The van der Waals surface area contributed by atoms with Crippen molar-refractivity contribution in [3.8, 4) is 0 Å². The summed E-state index contributed by atoms with van der Waals surface area (Å²) in [5.41, 5.74) is 1.67. The maximum Gasteiger partial charge on any atom is 0.0940 e. The molecule has 0 aromatic carbocycles. The molecule has 0 bridgehead atoms. The highest BCUT2D eigenvalue weighted by molar-refractivity contribution is 7.09. The first-order chi connectivity index (χ1) is 7.59. The molecule has 1 aliphatic rings. The molecule has 1 unspecified atom stereocenters. The van der Waals surface area contributed by atoms with Crippen LogP contribution in [0.4, 0.5) is 0 Å². The van der Waals surface area contributed by atoms with E-state index < -0.39 is 0 Å². The fraction of sp³-hybridized carbons (Fsp3) is 0.727. The lowest BCUT2D eigenvalue weighted by Gasteiger charge is -2.42. The van der Waals surface area contributed by atoms with E-state index in [1.54, 1.807) is 11.3 Å². The number of morpholine rings is 1. The van der Waals surface area contributed by atoms with Crippen LogP contribution < -0.4 is 0 Å². The van der Waals surface area contributed by atoms with E-state index in [4.69, 9.17) is 4.74 Å². The van der Waals surface area contributed by atoms with Crippen LogP contribution in [-0.2, 0) is 11.3 Å². The lowest BCUT2D eigenvalue weighted by Crippen LogP contribution is -2.53. The second-order valence-electron chi connectivity index (χ2n) is 4.82. The van der Waals surface area contributed by atoms with Crippen LogP contribution >= 0.6 is 11.3 Å². The topological polar surface area (TPSA) is 45.6 Å². The highest BCUT2D eigenvalue weighted by atomic mass is 32.1. The van der Waals surface area contributed by atoms with Crippen LogP contribution in [0.3, 0.4) is 0 Å². The largest absolute Gasteiger partial charge is 0.394 e. The van der Waals surface area contributed by atoms with Crippen molar-refractivity contribution >= 4 is 11.3 Å². The van der Waals surface area contributed by atoms with Gasteiger partial charge in [0.2, 0.25) is 0 Å². The van der Waals surface area contributed by atoms with Gasteiger partial charge in [-0.3, -0.25) is 9.88 Å². The molecule has 1 aromatic rings. The van der Waals surface area contributed by atoms with Crippen molar-refractivity contribution in [2.75, 3.05) is 19.7 Å². The van der Waals surface area contributed by atoms with Crippen molar-refractivity contribution in [2.24, 2.45) is 0 Å². The van der Waals surface area contributed by atoms with Crippen LogP contribution in [0.1, 0.15) is 18.7 Å². The van der Waals surface area contributed by atoms with E-state index in [2.05, 4.69) is 23.7 Å². The quantitative estimate of drug-likeness (QED) is 0.862. The molecule has 5 heteroatoms. The van der Waals surface area contributed by atoms with Crippen LogP contribution in [0, 0.1) is 0 Å². The summed E-state index contributed by atoms with van der Waals surface area (Å²) in [5.74, 6) is 0. The van der Waals surface area contributed by atoms with E-state index in [0.717, 1.165) is 19.6 Å². The van der Waals surface area contributed by atoms with E-state index >= 15 is 0 Å². The lowest BCUT2D eigenvalue weighted by atomic mass is 10.1. The van der Waals surface area contributed by atoms with Crippen molar-refractivity contribution in [2.45, 2.75) is 32.1 Å².